The van der Waals surface area contributed by atoms with Gasteiger partial charge in [-0.25, -0.2) is 4.68 Å². The fourth-order valence-corrected chi connectivity index (χ4v) is 3.04. The van der Waals surface area contributed by atoms with Crippen LogP contribution in [0.3, 0.4) is 0 Å². The van der Waals surface area contributed by atoms with E-state index < -0.39 is 0 Å². The van der Waals surface area contributed by atoms with Crippen molar-refractivity contribution in [2.45, 2.75) is 32.9 Å². The van der Waals surface area contributed by atoms with Crippen LogP contribution in [0.15, 0.2) is 42.7 Å². The molecule has 1 aliphatic rings. The number of benzene rings is 1. The van der Waals surface area contributed by atoms with E-state index in [0.29, 0.717) is 6.04 Å². The quantitative estimate of drug-likeness (QED) is 0.941. The van der Waals surface area contributed by atoms with Crippen molar-refractivity contribution >= 4 is 0 Å². The van der Waals surface area contributed by atoms with Gasteiger partial charge in [0.05, 0.1) is 11.9 Å². The topological polar surface area (TPSA) is 47.1 Å². The molecule has 1 fully saturated rings. The molecule has 2 aromatic rings. The number of hydrogen-bond donors (Lipinski definition) is 1. The molecule has 0 spiro atoms. The zero-order chi connectivity index (χ0) is 14.9. The Morgan fingerprint density at radius 2 is 2.05 bits per heavy atom. The standard InChI is InChI=1S/C17H24N4/c1-17(2)13-20(9-8-16(17)18)11-14-10-19-21(12-14)15-6-4-3-5-7-15/h3-7,10,12,16H,8-9,11,13,18H2,1-2H3. The monoisotopic (exact) mass is 284 g/mol. The average Bonchev–Trinajstić information content (AvgIpc) is 2.92. The highest BCUT2D eigenvalue weighted by Crippen LogP contribution is 2.28. The van der Waals surface area contributed by atoms with E-state index in [-0.39, 0.29) is 5.41 Å². The van der Waals surface area contributed by atoms with Gasteiger partial charge in [-0.2, -0.15) is 5.10 Å². The van der Waals surface area contributed by atoms with Crippen molar-refractivity contribution in [1.82, 2.24) is 14.7 Å². The summed E-state index contributed by atoms with van der Waals surface area (Å²) < 4.78 is 1.94. The molecule has 1 aromatic heterocycles. The molecule has 0 saturated carbocycles. The molecule has 4 heteroatoms. The van der Waals surface area contributed by atoms with Gasteiger partial charge in [-0.3, -0.25) is 4.90 Å². The zero-order valence-electron chi connectivity index (χ0n) is 12.9. The Bertz CT molecular complexity index is 588. The molecule has 1 aliphatic heterocycles. The molecular formula is C17H24N4. The minimum atomic E-state index is 0.188. The van der Waals surface area contributed by atoms with E-state index in [1.54, 1.807) is 0 Å². The molecule has 1 unspecified atom stereocenters. The third kappa shape index (κ3) is 3.17. The van der Waals surface area contributed by atoms with Crippen molar-refractivity contribution in [2.75, 3.05) is 13.1 Å². The molecule has 1 atom stereocenters. The Labute approximate surface area is 126 Å². The second kappa shape index (κ2) is 5.62. The van der Waals surface area contributed by atoms with Gasteiger partial charge in [0.15, 0.2) is 0 Å². The van der Waals surface area contributed by atoms with Crippen molar-refractivity contribution in [1.29, 1.82) is 0 Å². The number of piperidine rings is 1. The largest absolute Gasteiger partial charge is 0.327 e. The predicted octanol–water partition coefficient (Wildman–Crippen LogP) is 2.43. The minimum absolute atomic E-state index is 0.188. The number of nitrogens with zero attached hydrogens (tertiary/aromatic N) is 3. The number of para-hydroxylation sites is 1. The summed E-state index contributed by atoms with van der Waals surface area (Å²) in [4.78, 5) is 2.48. The summed E-state index contributed by atoms with van der Waals surface area (Å²) in [5, 5.41) is 4.47. The lowest BCUT2D eigenvalue weighted by molar-refractivity contribution is 0.0899. The maximum Gasteiger partial charge on any atom is 0.0645 e. The lowest BCUT2D eigenvalue weighted by Gasteiger charge is -2.42. The van der Waals surface area contributed by atoms with Crippen LogP contribution in [0.4, 0.5) is 0 Å². The summed E-state index contributed by atoms with van der Waals surface area (Å²) in [7, 11) is 0. The Hall–Kier alpha value is -1.65. The van der Waals surface area contributed by atoms with Crippen LogP contribution in [-0.2, 0) is 6.54 Å². The third-order valence-electron chi connectivity index (χ3n) is 4.45. The van der Waals surface area contributed by atoms with Gasteiger partial charge < -0.3 is 5.73 Å². The number of nitrogens with two attached hydrogens (primary N) is 1. The predicted molar refractivity (Wildman–Crippen MR) is 85.2 cm³/mol. The van der Waals surface area contributed by atoms with E-state index in [4.69, 9.17) is 5.73 Å². The lowest BCUT2D eigenvalue weighted by atomic mass is 9.79. The molecule has 0 bridgehead atoms. The summed E-state index contributed by atoms with van der Waals surface area (Å²) in [6.45, 7) is 7.59. The maximum atomic E-state index is 6.21. The molecule has 2 heterocycles. The zero-order valence-corrected chi connectivity index (χ0v) is 12.9. The van der Waals surface area contributed by atoms with Crippen LogP contribution in [0.25, 0.3) is 5.69 Å². The molecule has 0 radical (unpaired) electrons. The summed E-state index contributed by atoms with van der Waals surface area (Å²) in [5.74, 6) is 0. The summed E-state index contributed by atoms with van der Waals surface area (Å²) in [5.41, 5.74) is 8.75. The first-order valence-corrected chi connectivity index (χ1v) is 7.61. The first-order valence-electron chi connectivity index (χ1n) is 7.61. The number of aromatic nitrogens is 2. The molecule has 3 rings (SSSR count). The first kappa shape index (κ1) is 14.3. The van der Waals surface area contributed by atoms with Gasteiger partial charge in [0.2, 0.25) is 0 Å². The van der Waals surface area contributed by atoms with Gasteiger partial charge >= 0.3 is 0 Å². The van der Waals surface area contributed by atoms with Crippen molar-refractivity contribution in [3.05, 3.63) is 48.3 Å². The molecule has 4 nitrogen and oxygen atoms in total. The second-order valence-corrected chi connectivity index (χ2v) is 6.72. The summed E-state index contributed by atoms with van der Waals surface area (Å²) >= 11 is 0. The van der Waals surface area contributed by atoms with Crippen LogP contribution in [-0.4, -0.2) is 33.8 Å². The lowest BCUT2D eigenvalue weighted by Crippen LogP contribution is -2.51. The highest BCUT2D eigenvalue weighted by Gasteiger charge is 2.33. The van der Waals surface area contributed by atoms with Gasteiger partial charge in [0.1, 0.15) is 0 Å². The van der Waals surface area contributed by atoms with Crippen LogP contribution >= 0.6 is 0 Å². The fourth-order valence-electron chi connectivity index (χ4n) is 3.04. The molecule has 2 N–H and O–H groups in total. The molecule has 1 aromatic carbocycles. The molecular weight excluding hydrogens is 260 g/mol. The molecule has 0 amide bonds. The molecule has 21 heavy (non-hydrogen) atoms. The van der Waals surface area contributed by atoms with Gasteiger partial charge in [0.25, 0.3) is 0 Å². The van der Waals surface area contributed by atoms with Crippen molar-refractivity contribution in [3.8, 4) is 5.69 Å². The van der Waals surface area contributed by atoms with Crippen molar-refractivity contribution < 1.29 is 0 Å². The summed E-state index contributed by atoms with van der Waals surface area (Å²) in [6, 6.07) is 10.5. The van der Waals surface area contributed by atoms with E-state index in [2.05, 4.69) is 42.2 Å². The Morgan fingerprint density at radius 1 is 1.29 bits per heavy atom. The highest BCUT2D eigenvalue weighted by atomic mass is 15.3. The SMILES string of the molecule is CC1(C)CN(Cc2cnn(-c3ccccc3)c2)CCC1N. The summed E-state index contributed by atoms with van der Waals surface area (Å²) in [6.07, 6.45) is 5.16. The van der Waals surface area contributed by atoms with Crippen LogP contribution < -0.4 is 5.73 Å². The van der Waals surface area contributed by atoms with Gasteiger partial charge in [-0.05, 0) is 24.0 Å². The normalized spacial score (nSPS) is 22.3. The van der Waals surface area contributed by atoms with E-state index in [1.807, 2.05) is 29.1 Å². The Balaban J connectivity index is 1.68. The number of rotatable bonds is 3. The van der Waals surface area contributed by atoms with E-state index in [9.17, 15) is 0 Å². The van der Waals surface area contributed by atoms with Gasteiger partial charge in [-0.1, -0.05) is 32.0 Å². The number of likely N-dealkylation sites (tertiary alicyclic amines) is 1. The molecule has 0 aliphatic carbocycles. The van der Waals surface area contributed by atoms with E-state index >= 15 is 0 Å². The minimum Gasteiger partial charge on any atom is -0.327 e. The van der Waals surface area contributed by atoms with Crippen LogP contribution in [0.5, 0.6) is 0 Å². The third-order valence-corrected chi connectivity index (χ3v) is 4.45. The first-order chi connectivity index (χ1) is 10.0. The molecule has 112 valence electrons. The highest BCUT2D eigenvalue weighted by molar-refractivity contribution is 5.30. The van der Waals surface area contributed by atoms with E-state index in [0.717, 1.165) is 31.7 Å². The van der Waals surface area contributed by atoms with Crippen molar-refractivity contribution in [3.63, 3.8) is 0 Å². The Kier molecular flexibility index (Phi) is 3.83. The van der Waals surface area contributed by atoms with Crippen LogP contribution in [0.2, 0.25) is 0 Å². The van der Waals surface area contributed by atoms with Crippen LogP contribution in [0, 0.1) is 5.41 Å². The second-order valence-electron chi connectivity index (χ2n) is 6.72. The maximum absolute atomic E-state index is 6.21. The smallest absolute Gasteiger partial charge is 0.0645 e. The van der Waals surface area contributed by atoms with Gasteiger partial charge in [-0.15, -0.1) is 0 Å². The Morgan fingerprint density at radius 3 is 2.76 bits per heavy atom. The van der Waals surface area contributed by atoms with Crippen LogP contribution in [0.1, 0.15) is 25.8 Å². The van der Waals surface area contributed by atoms with E-state index in [1.165, 1.54) is 5.56 Å². The fraction of sp³-hybridized carbons (Fsp3) is 0.471. The average molecular weight is 284 g/mol. The molecule has 1 saturated heterocycles. The van der Waals surface area contributed by atoms with Gasteiger partial charge in [0, 0.05) is 37.4 Å². The van der Waals surface area contributed by atoms with Crippen molar-refractivity contribution in [2.24, 2.45) is 11.1 Å². The number of hydrogen-bond acceptors (Lipinski definition) is 3.